The molecule has 1 N–H and O–H groups in total. The van der Waals surface area contributed by atoms with Gasteiger partial charge in [-0.15, -0.1) is 0 Å². The molecule has 34 heavy (non-hydrogen) atoms. The molecule has 2 heterocycles. The first-order chi connectivity index (χ1) is 16.1. The van der Waals surface area contributed by atoms with E-state index in [1.165, 1.54) is 25.4 Å². The lowest BCUT2D eigenvalue weighted by Crippen LogP contribution is -2.40. The van der Waals surface area contributed by atoms with Crippen LogP contribution in [0.15, 0.2) is 58.4 Å². The molecule has 0 saturated carbocycles. The zero-order valence-electron chi connectivity index (χ0n) is 18.2. The molecule has 1 aliphatic rings. The van der Waals surface area contributed by atoms with Gasteiger partial charge < -0.3 is 4.74 Å². The summed E-state index contributed by atoms with van der Waals surface area (Å²) in [4.78, 5) is 22.9. The minimum atomic E-state index is -4.54. The maximum absolute atomic E-state index is 13.1. The molecule has 0 fully saturated rings. The van der Waals surface area contributed by atoms with E-state index in [-0.39, 0.29) is 35.5 Å². The van der Waals surface area contributed by atoms with Crippen LogP contribution in [-0.4, -0.2) is 28.3 Å². The largest absolute Gasteiger partial charge is 0.455 e. The second-order valence-electron chi connectivity index (χ2n) is 7.78. The highest BCUT2D eigenvalue weighted by Crippen LogP contribution is 2.33. The first-order valence-corrected chi connectivity index (χ1v) is 10.6. The third-order valence-corrected chi connectivity index (χ3v) is 5.50. The number of rotatable bonds is 5. The zero-order valence-corrected chi connectivity index (χ0v) is 18.9. The molecular weight excluding hydrogens is 473 g/mol. The van der Waals surface area contributed by atoms with Crippen molar-refractivity contribution >= 4 is 17.4 Å². The molecule has 4 rings (SSSR count). The minimum Gasteiger partial charge on any atom is -0.455 e. The Labute approximate surface area is 197 Å². The number of aliphatic imine (C=N–C) groups is 1. The van der Waals surface area contributed by atoms with Gasteiger partial charge in [0, 0.05) is 12.1 Å². The average Bonchev–Trinajstić information content (AvgIpc) is 2.78. The van der Waals surface area contributed by atoms with Crippen molar-refractivity contribution in [1.29, 1.82) is 0 Å². The van der Waals surface area contributed by atoms with E-state index in [1.54, 1.807) is 0 Å². The molecule has 0 amide bonds. The number of alkyl halides is 3. The monoisotopic (exact) mass is 492 g/mol. The van der Waals surface area contributed by atoms with Gasteiger partial charge in [-0.25, -0.2) is 10.2 Å². The molecule has 11 heteroatoms. The number of halogens is 4. The number of nitrogens with zero attached hydrogens (tertiary/aromatic N) is 3. The van der Waals surface area contributed by atoms with Crippen molar-refractivity contribution in [3.05, 3.63) is 86.3 Å². The molecule has 2 aromatic carbocycles. The Morgan fingerprint density at radius 3 is 2.79 bits per heavy atom. The molecule has 0 radical (unpaired) electrons. The second kappa shape index (κ2) is 9.47. The van der Waals surface area contributed by atoms with E-state index in [0.717, 1.165) is 27.9 Å². The van der Waals surface area contributed by atoms with Crippen LogP contribution in [0.4, 0.5) is 13.2 Å². The molecule has 1 aliphatic heterocycles. The van der Waals surface area contributed by atoms with Gasteiger partial charge in [0.1, 0.15) is 11.3 Å². The summed E-state index contributed by atoms with van der Waals surface area (Å²) in [5, 5.41) is 4.52. The fourth-order valence-electron chi connectivity index (χ4n) is 3.43. The summed E-state index contributed by atoms with van der Waals surface area (Å²) in [7, 11) is 1.44. The molecule has 7 nitrogen and oxygen atoms in total. The molecule has 0 aliphatic carbocycles. The summed E-state index contributed by atoms with van der Waals surface area (Å²) < 4.78 is 46.0. The van der Waals surface area contributed by atoms with Gasteiger partial charge in [-0.2, -0.15) is 18.3 Å². The zero-order chi connectivity index (χ0) is 24.5. The molecule has 0 bridgehead atoms. The van der Waals surface area contributed by atoms with Crippen LogP contribution in [0.1, 0.15) is 22.3 Å². The van der Waals surface area contributed by atoms with Crippen molar-refractivity contribution in [3.8, 4) is 11.5 Å². The van der Waals surface area contributed by atoms with E-state index in [2.05, 4.69) is 15.6 Å². The Balaban J connectivity index is 1.68. The first-order valence-electron chi connectivity index (χ1n) is 10.2. The fourth-order valence-corrected chi connectivity index (χ4v) is 3.74. The van der Waals surface area contributed by atoms with Gasteiger partial charge in [0.15, 0.2) is 11.6 Å². The maximum Gasteiger partial charge on any atom is 0.416 e. The highest BCUT2D eigenvalue weighted by Gasteiger charge is 2.31. The molecular formula is C23H20ClF3N4O3. The number of hydroxylamine groups is 1. The molecule has 1 atom stereocenters. The van der Waals surface area contributed by atoms with E-state index < -0.39 is 17.3 Å². The van der Waals surface area contributed by atoms with Crippen LogP contribution in [-0.2, 0) is 24.5 Å². The van der Waals surface area contributed by atoms with Crippen LogP contribution in [0.5, 0.6) is 11.5 Å². The van der Waals surface area contributed by atoms with Crippen molar-refractivity contribution in [1.82, 2.24) is 15.3 Å². The van der Waals surface area contributed by atoms with Gasteiger partial charge >= 0.3 is 6.18 Å². The third kappa shape index (κ3) is 5.23. The maximum atomic E-state index is 13.1. The highest BCUT2D eigenvalue weighted by molar-refractivity contribution is 6.31. The Morgan fingerprint density at radius 2 is 2.06 bits per heavy atom. The molecule has 0 spiro atoms. The minimum absolute atomic E-state index is 0.0189. The SMILES string of the molecule is Cc1ccc(CC2CONC(c3c(Oc4cccc(C(F)(F)F)c4)cnn(C)c3=O)=N2)c(Cl)c1. The van der Waals surface area contributed by atoms with Crippen molar-refractivity contribution in [3.63, 3.8) is 0 Å². The van der Waals surface area contributed by atoms with Crippen molar-refractivity contribution in [2.24, 2.45) is 12.0 Å². The van der Waals surface area contributed by atoms with E-state index in [9.17, 15) is 18.0 Å². The summed E-state index contributed by atoms with van der Waals surface area (Å²) in [5.41, 5.74) is 3.05. The van der Waals surface area contributed by atoms with Crippen LogP contribution in [0.2, 0.25) is 5.02 Å². The summed E-state index contributed by atoms with van der Waals surface area (Å²) in [6.07, 6.45) is -2.85. The topological polar surface area (TPSA) is 77.7 Å². The fraction of sp³-hybridized carbons (Fsp3) is 0.261. The Hall–Kier alpha value is -3.37. The predicted octanol–water partition coefficient (Wildman–Crippen LogP) is 4.45. The van der Waals surface area contributed by atoms with Crippen molar-refractivity contribution in [2.45, 2.75) is 25.6 Å². The second-order valence-corrected chi connectivity index (χ2v) is 8.19. The predicted molar refractivity (Wildman–Crippen MR) is 120 cm³/mol. The van der Waals surface area contributed by atoms with E-state index in [0.29, 0.717) is 11.4 Å². The average molecular weight is 493 g/mol. The van der Waals surface area contributed by atoms with Crippen molar-refractivity contribution in [2.75, 3.05) is 6.61 Å². The van der Waals surface area contributed by atoms with Crippen LogP contribution in [0, 0.1) is 6.92 Å². The quantitative estimate of drug-likeness (QED) is 0.569. The van der Waals surface area contributed by atoms with E-state index in [1.807, 2.05) is 25.1 Å². The summed E-state index contributed by atoms with van der Waals surface area (Å²) >= 11 is 6.34. The van der Waals surface area contributed by atoms with E-state index >= 15 is 0 Å². The van der Waals surface area contributed by atoms with Gasteiger partial charge in [-0.3, -0.25) is 14.6 Å². The van der Waals surface area contributed by atoms with Gasteiger partial charge in [0.2, 0.25) is 0 Å². The molecule has 3 aromatic rings. The lowest BCUT2D eigenvalue weighted by Gasteiger charge is -2.23. The molecule has 1 aromatic heterocycles. The third-order valence-electron chi connectivity index (χ3n) is 5.15. The standard InChI is InChI=1S/C23H20ClF3N4O3/c1-13-6-7-14(18(24)8-13)9-16-12-33-30-21(29-16)20-19(11-28-31(2)22(20)32)34-17-5-3-4-15(10-17)23(25,26)27/h3-8,10-11,16H,9,12H2,1-2H3,(H,29,30). The lowest BCUT2D eigenvalue weighted by molar-refractivity contribution is -0.137. The number of nitrogens with one attached hydrogen (secondary N) is 1. The summed E-state index contributed by atoms with van der Waals surface area (Å²) in [6, 6.07) is 9.67. The molecule has 0 saturated heterocycles. The number of hydrogen-bond donors (Lipinski definition) is 1. The summed E-state index contributed by atoms with van der Waals surface area (Å²) in [6.45, 7) is 2.16. The normalized spacial score (nSPS) is 16.1. The molecule has 1 unspecified atom stereocenters. The number of benzene rings is 2. The summed E-state index contributed by atoms with van der Waals surface area (Å²) in [5.74, 6) is -0.0813. The first kappa shape index (κ1) is 23.8. The number of hydrogen-bond acceptors (Lipinski definition) is 6. The Kier molecular flexibility index (Phi) is 6.63. The number of aryl methyl sites for hydroxylation is 2. The van der Waals surface area contributed by atoms with Crippen LogP contribution in [0.25, 0.3) is 0 Å². The van der Waals surface area contributed by atoms with Gasteiger partial charge in [-0.05, 0) is 48.7 Å². The van der Waals surface area contributed by atoms with Crippen LogP contribution >= 0.6 is 11.6 Å². The number of ether oxygens (including phenoxy) is 1. The van der Waals surface area contributed by atoms with Crippen LogP contribution in [0.3, 0.4) is 0 Å². The molecule has 178 valence electrons. The lowest BCUT2D eigenvalue weighted by atomic mass is 10.0. The van der Waals surface area contributed by atoms with Gasteiger partial charge in [0.05, 0.1) is 24.4 Å². The Bertz CT molecular complexity index is 1310. The van der Waals surface area contributed by atoms with Gasteiger partial charge in [0.25, 0.3) is 5.56 Å². The van der Waals surface area contributed by atoms with E-state index in [4.69, 9.17) is 21.2 Å². The Morgan fingerprint density at radius 1 is 1.26 bits per heavy atom. The van der Waals surface area contributed by atoms with Crippen LogP contribution < -0.4 is 15.8 Å². The smallest absolute Gasteiger partial charge is 0.416 e. The van der Waals surface area contributed by atoms with Gasteiger partial charge in [-0.1, -0.05) is 29.8 Å². The highest BCUT2D eigenvalue weighted by atomic mass is 35.5. The number of aromatic nitrogens is 2. The number of amidine groups is 1. The van der Waals surface area contributed by atoms with Crippen molar-refractivity contribution < 1.29 is 22.7 Å².